The van der Waals surface area contributed by atoms with Crippen molar-refractivity contribution in [2.24, 2.45) is 0 Å². The van der Waals surface area contributed by atoms with E-state index in [1.807, 2.05) is 18.2 Å². The molecule has 2 rings (SSSR count). The van der Waals surface area contributed by atoms with E-state index in [1.54, 1.807) is 32.7 Å². The van der Waals surface area contributed by atoms with E-state index in [4.69, 9.17) is 21.1 Å². The zero-order chi connectivity index (χ0) is 14.4. The molecule has 0 amide bonds. The largest absolute Gasteiger partial charge is 0.493 e. The molecule has 20 heavy (non-hydrogen) atoms. The topological polar surface area (TPSA) is 43.4 Å². The molecule has 0 saturated carbocycles. The molecule has 0 spiro atoms. The molecule has 0 saturated heterocycles. The van der Waals surface area contributed by atoms with Crippen LogP contribution >= 0.6 is 11.6 Å². The van der Waals surface area contributed by atoms with Crippen molar-refractivity contribution in [2.75, 3.05) is 14.2 Å². The zero-order valence-corrected chi connectivity index (χ0v) is 12.3. The van der Waals surface area contributed by atoms with Gasteiger partial charge in [0.25, 0.3) is 0 Å². The van der Waals surface area contributed by atoms with Crippen molar-refractivity contribution < 1.29 is 9.47 Å². The highest BCUT2D eigenvalue weighted by Crippen LogP contribution is 2.32. The molecule has 0 aliphatic carbocycles. The van der Waals surface area contributed by atoms with Crippen LogP contribution in [0.4, 0.5) is 0 Å². The van der Waals surface area contributed by atoms with E-state index in [0.29, 0.717) is 23.1 Å². The number of pyridine rings is 1. The van der Waals surface area contributed by atoms with Crippen LogP contribution in [0.3, 0.4) is 0 Å². The van der Waals surface area contributed by atoms with Crippen LogP contribution in [-0.2, 0) is 13.1 Å². The third-order valence-electron chi connectivity index (χ3n) is 2.95. The van der Waals surface area contributed by atoms with Gasteiger partial charge in [-0.1, -0.05) is 11.6 Å². The Bertz CT molecular complexity index is 561. The number of nitrogens with zero attached hydrogens (tertiary/aromatic N) is 1. The molecule has 2 aromatic rings. The van der Waals surface area contributed by atoms with Crippen LogP contribution in [0, 0.1) is 0 Å². The molecule has 5 heteroatoms. The minimum Gasteiger partial charge on any atom is -0.493 e. The van der Waals surface area contributed by atoms with Crippen LogP contribution in [0.15, 0.2) is 36.7 Å². The lowest BCUT2D eigenvalue weighted by atomic mass is 10.2. The molecule has 1 heterocycles. The maximum absolute atomic E-state index is 6.23. The number of rotatable bonds is 6. The van der Waals surface area contributed by atoms with Gasteiger partial charge in [-0.3, -0.25) is 4.98 Å². The second-order valence-electron chi connectivity index (χ2n) is 4.26. The van der Waals surface area contributed by atoms with Gasteiger partial charge in [0.05, 0.1) is 14.2 Å². The zero-order valence-electron chi connectivity index (χ0n) is 11.5. The molecule has 1 N–H and O–H groups in total. The first-order valence-corrected chi connectivity index (χ1v) is 6.62. The molecule has 0 bridgehead atoms. The van der Waals surface area contributed by atoms with Crippen LogP contribution in [-0.4, -0.2) is 19.2 Å². The van der Waals surface area contributed by atoms with Gasteiger partial charge in [-0.05, 0) is 29.3 Å². The molecule has 1 aromatic carbocycles. The summed E-state index contributed by atoms with van der Waals surface area (Å²) in [4.78, 5) is 3.99. The second kappa shape index (κ2) is 7.12. The number of methoxy groups -OCH3 is 2. The Kier molecular flexibility index (Phi) is 5.21. The van der Waals surface area contributed by atoms with E-state index in [1.165, 1.54) is 5.56 Å². The first-order valence-electron chi connectivity index (χ1n) is 6.24. The van der Waals surface area contributed by atoms with Crippen LogP contribution in [0.25, 0.3) is 0 Å². The Morgan fingerprint density at radius 1 is 1.05 bits per heavy atom. The molecular weight excluding hydrogens is 276 g/mol. The Morgan fingerprint density at radius 2 is 1.70 bits per heavy atom. The monoisotopic (exact) mass is 292 g/mol. The molecular formula is C15H17ClN2O2. The second-order valence-corrected chi connectivity index (χ2v) is 4.66. The maximum Gasteiger partial charge on any atom is 0.162 e. The van der Waals surface area contributed by atoms with Crippen molar-refractivity contribution in [2.45, 2.75) is 13.1 Å². The Hall–Kier alpha value is -1.78. The van der Waals surface area contributed by atoms with Crippen LogP contribution in [0.5, 0.6) is 11.5 Å². The van der Waals surface area contributed by atoms with E-state index < -0.39 is 0 Å². The standard InChI is InChI=1S/C15H17ClN2O2/c1-19-14-7-12(13(16)8-15(14)20-2)10-18-9-11-3-5-17-6-4-11/h3-8,18H,9-10H2,1-2H3. The summed E-state index contributed by atoms with van der Waals surface area (Å²) < 4.78 is 10.5. The third kappa shape index (κ3) is 3.62. The third-order valence-corrected chi connectivity index (χ3v) is 3.30. The molecule has 0 unspecified atom stereocenters. The molecule has 0 aliphatic rings. The number of aromatic nitrogens is 1. The summed E-state index contributed by atoms with van der Waals surface area (Å²) >= 11 is 6.23. The molecule has 0 atom stereocenters. The Labute approximate surface area is 123 Å². The summed E-state index contributed by atoms with van der Waals surface area (Å²) in [6.07, 6.45) is 3.56. The highest BCUT2D eigenvalue weighted by Gasteiger charge is 2.09. The molecule has 0 fully saturated rings. The van der Waals surface area contributed by atoms with Crippen LogP contribution in [0.2, 0.25) is 5.02 Å². The highest BCUT2D eigenvalue weighted by molar-refractivity contribution is 6.31. The predicted molar refractivity (Wildman–Crippen MR) is 79.3 cm³/mol. The summed E-state index contributed by atoms with van der Waals surface area (Å²) in [6, 6.07) is 7.61. The van der Waals surface area contributed by atoms with Crippen molar-refractivity contribution in [3.05, 3.63) is 52.8 Å². The van der Waals surface area contributed by atoms with Crippen molar-refractivity contribution in [3.8, 4) is 11.5 Å². The van der Waals surface area contributed by atoms with Gasteiger partial charge in [0.15, 0.2) is 11.5 Å². The Morgan fingerprint density at radius 3 is 2.35 bits per heavy atom. The van der Waals surface area contributed by atoms with Crippen molar-refractivity contribution >= 4 is 11.6 Å². The van der Waals surface area contributed by atoms with Gasteiger partial charge in [-0.15, -0.1) is 0 Å². The fraction of sp³-hybridized carbons (Fsp3) is 0.267. The van der Waals surface area contributed by atoms with E-state index in [2.05, 4.69) is 10.3 Å². The molecule has 0 radical (unpaired) electrons. The molecule has 0 aliphatic heterocycles. The predicted octanol–water partition coefficient (Wildman–Crippen LogP) is 3.04. The Balaban J connectivity index is 2.02. The normalized spacial score (nSPS) is 10.3. The van der Waals surface area contributed by atoms with Crippen molar-refractivity contribution in [1.82, 2.24) is 10.3 Å². The summed E-state index contributed by atoms with van der Waals surface area (Å²) in [6.45, 7) is 1.41. The van der Waals surface area contributed by atoms with Crippen LogP contribution < -0.4 is 14.8 Å². The summed E-state index contributed by atoms with van der Waals surface area (Å²) in [7, 11) is 3.20. The summed E-state index contributed by atoms with van der Waals surface area (Å²) in [5, 5.41) is 4.00. The lowest BCUT2D eigenvalue weighted by Crippen LogP contribution is -2.13. The number of ether oxygens (including phenoxy) is 2. The van der Waals surface area contributed by atoms with Gasteiger partial charge in [-0.25, -0.2) is 0 Å². The first-order chi connectivity index (χ1) is 9.74. The van der Waals surface area contributed by atoms with E-state index >= 15 is 0 Å². The van der Waals surface area contributed by atoms with Crippen molar-refractivity contribution in [3.63, 3.8) is 0 Å². The van der Waals surface area contributed by atoms with Gasteiger partial charge >= 0.3 is 0 Å². The minimum absolute atomic E-state index is 0.635. The lowest BCUT2D eigenvalue weighted by Gasteiger charge is -2.12. The first kappa shape index (κ1) is 14.6. The van der Waals surface area contributed by atoms with Gasteiger partial charge in [0.2, 0.25) is 0 Å². The van der Waals surface area contributed by atoms with E-state index in [9.17, 15) is 0 Å². The number of hydrogen-bond acceptors (Lipinski definition) is 4. The fourth-order valence-corrected chi connectivity index (χ4v) is 2.09. The van der Waals surface area contributed by atoms with E-state index in [-0.39, 0.29) is 0 Å². The maximum atomic E-state index is 6.23. The van der Waals surface area contributed by atoms with Gasteiger partial charge in [0, 0.05) is 36.6 Å². The van der Waals surface area contributed by atoms with E-state index in [0.717, 1.165) is 12.1 Å². The highest BCUT2D eigenvalue weighted by atomic mass is 35.5. The number of benzene rings is 1. The number of nitrogens with one attached hydrogen (secondary N) is 1. The minimum atomic E-state index is 0.635. The summed E-state index contributed by atoms with van der Waals surface area (Å²) in [5.74, 6) is 1.31. The average Bonchev–Trinajstić information content (AvgIpc) is 2.49. The van der Waals surface area contributed by atoms with Gasteiger partial charge in [-0.2, -0.15) is 0 Å². The number of hydrogen-bond donors (Lipinski definition) is 1. The fourth-order valence-electron chi connectivity index (χ4n) is 1.87. The number of halogens is 1. The lowest BCUT2D eigenvalue weighted by molar-refractivity contribution is 0.354. The summed E-state index contributed by atoms with van der Waals surface area (Å²) in [5.41, 5.74) is 2.15. The van der Waals surface area contributed by atoms with Crippen molar-refractivity contribution in [1.29, 1.82) is 0 Å². The van der Waals surface area contributed by atoms with Gasteiger partial charge in [0.1, 0.15) is 0 Å². The molecule has 4 nitrogen and oxygen atoms in total. The van der Waals surface area contributed by atoms with Gasteiger partial charge < -0.3 is 14.8 Å². The SMILES string of the molecule is COc1cc(Cl)c(CNCc2ccncc2)cc1OC. The van der Waals surface area contributed by atoms with Crippen LogP contribution in [0.1, 0.15) is 11.1 Å². The quantitative estimate of drug-likeness (QED) is 0.889. The molecule has 1 aromatic heterocycles. The average molecular weight is 293 g/mol. The molecule has 106 valence electrons. The smallest absolute Gasteiger partial charge is 0.162 e.